The van der Waals surface area contributed by atoms with Gasteiger partial charge in [0.25, 0.3) is 0 Å². The normalized spacial score (nSPS) is 0. The maximum absolute atomic E-state index is 0. The van der Waals surface area contributed by atoms with Crippen LogP contribution in [-0.4, -0.2) is 71.7 Å². The van der Waals surface area contributed by atoms with Gasteiger partial charge in [0, 0.05) is 35.6 Å². The summed E-state index contributed by atoms with van der Waals surface area (Å²) in [5, 5.41) is 0. The monoisotopic (exact) mass is 325 g/mol. The van der Waals surface area contributed by atoms with Gasteiger partial charge in [-0.1, -0.05) is 0 Å². The van der Waals surface area contributed by atoms with E-state index in [1.807, 2.05) is 0 Å². The fraction of sp³-hybridized carbons (Fsp3) is 0. The molecule has 0 unspecified atom stereocenters. The number of hydrogen-bond donors (Lipinski definition) is 0. The van der Waals surface area contributed by atoms with Gasteiger partial charge in [0.1, 0.15) is 0 Å². The van der Waals surface area contributed by atoms with E-state index in [-0.39, 0.29) is 107 Å². The summed E-state index contributed by atoms with van der Waals surface area (Å²) in [5.41, 5.74) is 0. The second-order valence-electron chi connectivity index (χ2n) is 0. The van der Waals surface area contributed by atoms with E-state index in [1.54, 1.807) is 0 Å². The standard InChI is InChI=1S/Al.Ba.La.H2O.4H/h;;;1H2;;;;/q;+1;;;;;;/p-1. The summed E-state index contributed by atoms with van der Waals surface area (Å²) in [4.78, 5) is 0. The molecule has 0 heterocycles. The Morgan fingerprint density at radius 2 is 1.00 bits per heavy atom. The van der Waals surface area contributed by atoms with Gasteiger partial charge in [-0.2, -0.15) is 0 Å². The van der Waals surface area contributed by atoms with Crippen molar-refractivity contribution in [2.75, 3.05) is 0 Å². The second kappa shape index (κ2) is 16.3. The summed E-state index contributed by atoms with van der Waals surface area (Å²) in [6.45, 7) is 0. The van der Waals surface area contributed by atoms with Gasteiger partial charge in [0.05, 0.1) is 0 Å². The number of hydrogen-bond acceptors (Lipinski definition) is 1. The third-order valence-electron chi connectivity index (χ3n) is 0. The van der Waals surface area contributed by atoms with Crippen molar-refractivity contribution in [3.63, 3.8) is 0 Å². The van der Waals surface area contributed by atoms with Crippen LogP contribution in [0.25, 0.3) is 0 Å². The Balaban J connectivity index is 0. The zero-order valence-electron chi connectivity index (χ0n) is 2.02. The molecule has 4 heavy (non-hydrogen) atoms. The van der Waals surface area contributed by atoms with Gasteiger partial charge in [0.15, 0.2) is 17.4 Å². The Hall–Kier alpha value is 3.26. The SMILES string of the molecule is [AlH3].[BaH+].[La].[OH-]. The van der Waals surface area contributed by atoms with Crippen LogP contribution in [-0.2, 0) is 0 Å². The first-order chi connectivity index (χ1) is 0. The Morgan fingerprint density at radius 1 is 1.00 bits per heavy atom. The van der Waals surface area contributed by atoms with E-state index in [2.05, 4.69) is 0 Å². The molecule has 0 saturated carbocycles. The maximum Gasteiger partial charge on any atom is 0 e. The third kappa shape index (κ3) is 8.98. The molecule has 0 aliphatic carbocycles. The molecule has 0 amide bonds. The molecule has 0 atom stereocenters. The van der Waals surface area contributed by atoms with Crippen molar-refractivity contribution < 1.29 is 41.1 Å². The first kappa shape index (κ1) is 26.8. The Morgan fingerprint density at radius 3 is 1.00 bits per heavy atom. The average Bonchev–Trinajstić information content (AvgIpc) is 0. The smallest absolute Gasteiger partial charge is 0 e. The van der Waals surface area contributed by atoms with E-state index in [9.17, 15) is 0 Å². The van der Waals surface area contributed by atoms with Crippen molar-refractivity contribution in [1.82, 2.24) is 0 Å². The summed E-state index contributed by atoms with van der Waals surface area (Å²) in [6, 6.07) is 0. The molecule has 0 aliphatic heterocycles. The average molecular weight is 324 g/mol. The summed E-state index contributed by atoms with van der Waals surface area (Å²) >= 11 is 0. The minimum atomic E-state index is 0. The van der Waals surface area contributed by atoms with Crippen LogP contribution in [0, 0.1) is 35.6 Å². The predicted octanol–water partition coefficient (Wildman–Crippen LogP) is -2.01. The quantitative estimate of drug-likeness (QED) is 0.474. The minimum Gasteiger partial charge on any atom is -0.870 e. The van der Waals surface area contributed by atoms with Crippen molar-refractivity contribution in [3.05, 3.63) is 0 Å². The summed E-state index contributed by atoms with van der Waals surface area (Å²) < 4.78 is 0. The van der Waals surface area contributed by atoms with E-state index in [0.29, 0.717) is 0 Å². The topological polar surface area (TPSA) is 30.0 Å². The number of rotatable bonds is 0. The molecule has 0 aliphatic rings. The van der Waals surface area contributed by atoms with E-state index >= 15 is 0 Å². The van der Waals surface area contributed by atoms with Crippen LogP contribution < -0.4 is 0 Å². The van der Waals surface area contributed by atoms with Gasteiger partial charge >= 0.3 is 48.9 Å². The van der Waals surface area contributed by atoms with Crippen molar-refractivity contribution in [3.8, 4) is 0 Å². The molecule has 4 heteroatoms. The molecular formula is H5AlBaLaO. The second-order valence-corrected chi connectivity index (χ2v) is 0. The van der Waals surface area contributed by atoms with Crippen molar-refractivity contribution in [1.29, 1.82) is 0 Å². The first-order valence-electron chi connectivity index (χ1n) is 0. The molecule has 0 saturated heterocycles. The van der Waals surface area contributed by atoms with Crippen molar-refractivity contribution in [2.45, 2.75) is 0 Å². The molecule has 1 N–H and O–H groups in total. The van der Waals surface area contributed by atoms with Crippen LogP contribution in [0.2, 0.25) is 0 Å². The van der Waals surface area contributed by atoms with Crippen LogP contribution >= 0.6 is 0 Å². The zero-order chi connectivity index (χ0) is 0. The van der Waals surface area contributed by atoms with Crippen LogP contribution in [0.4, 0.5) is 0 Å². The molecule has 0 fully saturated rings. The molecular weight excluding hydrogens is 319 g/mol. The van der Waals surface area contributed by atoms with Gasteiger partial charge in [-0.05, 0) is 0 Å². The third-order valence-corrected chi connectivity index (χ3v) is 0. The molecule has 0 aromatic carbocycles. The Kier molecular flexibility index (Phi) is 109. The van der Waals surface area contributed by atoms with Crippen LogP contribution in [0.15, 0.2) is 0 Å². The van der Waals surface area contributed by atoms with E-state index in [4.69, 9.17) is 0 Å². The van der Waals surface area contributed by atoms with Gasteiger partial charge in [-0.25, -0.2) is 0 Å². The summed E-state index contributed by atoms with van der Waals surface area (Å²) in [6.07, 6.45) is 0. The Labute approximate surface area is 104 Å². The molecule has 0 aromatic heterocycles. The van der Waals surface area contributed by atoms with Crippen LogP contribution in [0.1, 0.15) is 0 Å². The van der Waals surface area contributed by atoms with Crippen molar-refractivity contribution in [2.24, 2.45) is 0 Å². The molecule has 1 radical (unpaired) electrons. The zero-order valence-corrected chi connectivity index (χ0v) is 11.9. The van der Waals surface area contributed by atoms with Gasteiger partial charge in [-0.3, -0.25) is 0 Å². The maximum atomic E-state index is 0. The van der Waals surface area contributed by atoms with Gasteiger partial charge in [-0.15, -0.1) is 0 Å². The fourth-order valence-corrected chi connectivity index (χ4v) is 0. The first-order valence-corrected chi connectivity index (χ1v) is 0. The molecule has 0 aromatic rings. The Bertz CT molecular complexity index is 8.00. The van der Waals surface area contributed by atoms with Crippen LogP contribution in [0.5, 0.6) is 0 Å². The molecule has 1 nitrogen and oxygen atoms in total. The van der Waals surface area contributed by atoms with Gasteiger partial charge < -0.3 is 5.48 Å². The van der Waals surface area contributed by atoms with E-state index in [1.165, 1.54) is 0 Å². The summed E-state index contributed by atoms with van der Waals surface area (Å²) in [7, 11) is 0. The van der Waals surface area contributed by atoms with E-state index in [0.717, 1.165) is 0 Å². The molecule has 0 rings (SSSR count). The molecule has 19 valence electrons. The van der Waals surface area contributed by atoms with Crippen molar-refractivity contribution >= 4 is 66.2 Å². The molecule has 0 spiro atoms. The van der Waals surface area contributed by atoms with E-state index < -0.39 is 0 Å². The van der Waals surface area contributed by atoms with Gasteiger partial charge in [0.2, 0.25) is 0 Å². The largest absolute Gasteiger partial charge is 0.870 e. The van der Waals surface area contributed by atoms with Crippen LogP contribution in [0.3, 0.4) is 0 Å². The minimum absolute atomic E-state index is 0. The molecule has 0 bridgehead atoms. The summed E-state index contributed by atoms with van der Waals surface area (Å²) in [5.74, 6) is 0. The predicted molar refractivity (Wildman–Crippen MR) is 19.0 cm³/mol. The fourth-order valence-electron chi connectivity index (χ4n) is 0.